The zero-order chi connectivity index (χ0) is 20.1. The number of rotatable bonds is 6. The molecule has 6 nitrogen and oxygen atoms in total. The van der Waals surface area contributed by atoms with Crippen molar-refractivity contribution in [2.45, 2.75) is 31.9 Å². The Morgan fingerprint density at radius 2 is 2.07 bits per heavy atom. The second-order valence-electron chi connectivity index (χ2n) is 7.09. The lowest BCUT2D eigenvalue weighted by Gasteiger charge is -2.22. The van der Waals surface area contributed by atoms with E-state index in [1.807, 2.05) is 6.92 Å². The smallest absolute Gasteiger partial charge is 0.191 e. The van der Waals surface area contributed by atoms with E-state index in [1.165, 1.54) is 24.5 Å². The zero-order valence-electron chi connectivity index (χ0n) is 16.1. The van der Waals surface area contributed by atoms with Crippen molar-refractivity contribution in [3.05, 3.63) is 54.0 Å². The molecule has 1 aromatic carbocycles. The number of anilines is 1. The van der Waals surface area contributed by atoms with Gasteiger partial charge in [0.25, 0.3) is 0 Å². The average Bonchev–Trinajstić information content (AvgIpc) is 3.32. The maximum atomic E-state index is 14.0. The van der Waals surface area contributed by atoms with Crippen LogP contribution in [0.4, 0.5) is 14.5 Å². The van der Waals surface area contributed by atoms with Gasteiger partial charge in [0, 0.05) is 25.7 Å². The van der Waals surface area contributed by atoms with Crippen molar-refractivity contribution < 1.29 is 18.3 Å². The Morgan fingerprint density at radius 1 is 1.32 bits per heavy atom. The third kappa shape index (κ3) is 4.62. The van der Waals surface area contributed by atoms with Crippen LogP contribution in [-0.4, -0.2) is 43.3 Å². The van der Waals surface area contributed by atoms with Crippen LogP contribution in [0.25, 0.3) is 0 Å². The molecule has 1 aromatic heterocycles. The Hall–Kier alpha value is -2.61. The molecule has 2 unspecified atom stereocenters. The fourth-order valence-electron chi connectivity index (χ4n) is 3.28. The second kappa shape index (κ2) is 8.60. The van der Waals surface area contributed by atoms with Crippen molar-refractivity contribution in [3.8, 4) is 0 Å². The Bertz CT molecular complexity index is 788. The highest BCUT2D eigenvalue weighted by molar-refractivity contribution is 5.80. The topological polar surface area (TPSA) is 73.0 Å². The molecule has 0 saturated carbocycles. The summed E-state index contributed by atoms with van der Waals surface area (Å²) in [5.41, 5.74) is -1.22. The molecule has 1 aliphatic rings. The van der Waals surface area contributed by atoms with Gasteiger partial charge in [-0.1, -0.05) is 6.07 Å². The summed E-state index contributed by atoms with van der Waals surface area (Å²) in [6.45, 7) is 5.33. The molecule has 3 N–H and O–H groups in total. The summed E-state index contributed by atoms with van der Waals surface area (Å²) in [5, 5.41) is 17.0. The van der Waals surface area contributed by atoms with Crippen molar-refractivity contribution in [2.75, 3.05) is 31.1 Å². The number of hydrogen-bond donors (Lipinski definition) is 3. The molecule has 1 fully saturated rings. The second-order valence-corrected chi connectivity index (χ2v) is 7.09. The number of guanidine groups is 1. The Balaban J connectivity index is 1.65. The molecule has 0 spiro atoms. The van der Waals surface area contributed by atoms with E-state index in [9.17, 15) is 13.9 Å². The summed E-state index contributed by atoms with van der Waals surface area (Å²) < 4.78 is 33.3. The van der Waals surface area contributed by atoms with Gasteiger partial charge in [0.1, 0.15) is 28.7 Å². The number of hydrogen-bond acceptors (Lipinski definition) is 4. The molecule has 8 heteroatoms. The molecule has 0 amide bonds. The van der Waals surface area contributed by atoms with Gasteiger partial charge in [-0.15, -0.1) is 0 Å². The molecule has 0 bridgehead atoms. The van der Waals surface area contributed by atoms with Crippen LogP contribution < -0.4 is 15.5 Å². The SMILES string of the molecule is CCNC(=NCC(C)(O)c1ccco1)NC1CCN(c2c(F)cccc2F)C1. The predicted octanol–water partition coefficient (Wildman–Crippen LogP) is 2.60. The van der Waals surface area contributed by atoms with E-state index in [1.54, 1.807) is 24.0 Å². The fourth-order valence-corrected chi connectivity index (χ4v) is 3.28. The molecular formula is C20H26F2N4O2. The highest BCUT2D eigenvalue weighted by atomic mass is 19.1. The van der Waals surface area contributed by atoms with Crippen molar-refractivity contribution in [1.82, 2.24) is 10.6 Å². The maximum Gasteiger partial charge on any atom is 0.191 e. The monoisotopic (exact) mass is 392 g/mol. The lowest BCUT2D eigenvalue weighted by Crippen LogP contribution is -2.45. The molecular weight excluding hydrogens is 366 g/mol. The molecule has 152 valence electrons. The lowest BCUT2D eigenvalue weighted by molar-refractivity contribution is 0.0437. The van der Waals surface area contributed by atoms with Crippen molar-refractivity contribution >= 4 is 11.6 Å². The maximum absolute atomic E-state index is 14.0. The minimum atomic E-state index is -1.23. The molecule has 2 aromatic rings. The highest BCUT2D eigenvalue weighted by Gasteiger charge is 2.29. The standard InChI is InChI=1S/C20H26F2N4O2/c1-3-23-19(24-13-20(2,27)17-8-5-11-28-17)25-14-9-10-26(12-14)18-15(21)6-4-7-16(18)22/h4-8,11,14,27H,3,9-10,12-13H2,1-2H3,(H2,23,24,25). The summed E-state index contributed by atoms with van der Waals surface area (Å²) in [5.74, 6) is -0.143. The van der Waals surface area contributed by atoms with Crippen molar-refractivity contribution in [3.63, 3.8) is 0 Å². The van der Waals surface area contributed by atoms with Gasteiger partial charge < -0.3 is 25.1 Å². The van der Waals surface area contributed by atoms with Crippen LogP contribution in [0.5, 0.6) is 0 Å². The van der Waals surface area contributed by atoms with Gasteiger partial charge in [-0.25, -0.2) is 13.8 Å². The molecule has 28 heavy (non-hydrogen) atoms. The van der Waals surface area contributed by atoms with Crippen LogP contribution in [0.1, 0.15) is 26.0 Å². The first-order valence-corrected chi connectivity index (χ1v) is 9.41. The van der Waals surface area contributed by atoms with Crippen molar-refractivity contribution in [2.24, 2.45) is 4.99 Å². The number of aliphatic imine (C=N–C) groups is 1. The number of halogens is 2. The van der Waals surface area contributed by atoms with Gasteiger partial charge in [0.15, 0.2) is 5.96 Å². The van der Waals surface area contributed by atoms with E-state index < -0.39 is 17.2 Å². The molecule has 2 heterocycles. The minimum Gasteiger partial charge on any atom is -0.466 e. The number of furan rings is 1. The normalized spacial score (nSPS) is 19.5. The van der Waals surface area contributed by atoms with Gasteiger partial charge in [-0.05, 0) is 44.5 Å². The van der Waals surface area contributed by atoms with E-state index in [4.69, 9.17) is 4.42 Å². The quantitative estimate of drug-likeness (QED) is 0.521. The lowest BCUT2D eigenvalue weighted by atomic mass is 10.0. The van der Waals surface area contributed by atoms with Crippen LogP contribution in [0.2, 0.25) is 0 Å². The molecule has 0 aliphatic carbocycles. The molecule has 0 radical (unpaired) electrons. The Labute approximate surface area is 163 Å². The largest absolute Gasteiger partial charge is 0.466 e. The number of aliphatic hydroxyl groups is 1. The third-order valence-electron chi connectivity index (χ3n) is 4.72. The van der Waals surface area contributed by atoms with Crippen molar-refractivity contribution in [1.29, 1.82) is 0 Å². The summed E-state index contributed by atoms with van der Waals surface area (Å²) >= 11 is 0. The van der Waals surface area contributed by atoms with Gasteiger partial charge in [0.2, 0.25) is 0 Å². The van der Waals surface area contributed by atoms with Gasteiger partial charge >= 0.3 is 0 Å². The Kier molecular flexibility index (Phi) is 6.18. The summed E-state index contributed by atoms with van der Waals surface area (Å²) in [6, 6.07) is 7.29. The van der Waals surface area contributed by atoms with E-state index >= 15 is 0 Å². The third-order valence-corrected chi connectivity index (χ3v) is 4.72. The van der Waals surface area contributed by atoms with E-state index in [0.29, 0.717) is 37.8 Å². The molecule has 2 atom stereocenters. The number of para-hydroxylation sites is 1. The Morgan fingerprint density at radius 3 is 2.71 bits per heavy atom. The van der Waals surface area contributed by atoms with Gasteiger partial charge in [-0.2, -0.15) is 0 Å². The summed E-state index contributed by atoms with van der Waals surface area (Å²) in [6.07, 6.45) is 2.22. The van der Waals surface area contributed by atoms with Crippen LogP contribution >= 0.6 is 0 Å². The van der Waals surface area contributed by atoms with Gasteiger partial charge in [0.05, 0.1) is 12.8 Å². The highest BCUT2D eigenvalue weighted by Crippen LogP contribution is 2.27. The molecule has 1 saturated heterocycles. The van der Waals surface area contributed by atoms with E-state index in [0.717, 1.165) is 0 Å². The summed E-state index contributed by atoms with van der Waals surface area (Å²) in [7, 11) is 0. The number of nitrogens with zero attached hydrogens (tertiary/aromatic N) is 2. The van der Waals surface area contributed by atoms with E-state index in [2.05, 4.69) is 15.6 Å². The van der Waals surface area contributed by atoms with Crippen LogP contribution in [-0.2, 0) is 5.60 Å². The summed E-state index contributed by atoms with van der Waals surface area (Å²) in [4.78, 5) is 6.15. The fraction of sp³-hybridized carbons (Fsp3) is 0.450. The van der Waals surface area contributed by atoms with Crippen LogP contribution in [0.3, 0.4) is 0 Å². The zero-order valence-corrected chi connectivity index (χ0v) is 16.1. The van der Waals surface area contributed by atoms with E-state index in [-0.39, 0.29) is 18.3 Å². The predicted molar refractivity (Wildman–Crippen MR) is 104 cm³/mol. The van der Waals surface area contributed by atoms with Crippen LogP contribution in [0, 0.1) is 11.6 Å². The first-order valence-electron chi connectivity index (χ1n) is 9.41. The molecule has 1 aliphatic heterocycles. The number of benzene rings is 1. The molecule has 3 rings (SSSR count). The first kappa shape index (κ1) is 20.1. The first-order chi connectivity index (χ1) is 13.4. The minimum absolute atomic E-state index is 0.00879. The van der Waals surface area contributed by atoms with Crippen LogP contribution in [0.15, 0.2) is 46.0 Å². The number of nitrogens with one attached hydrogen (secondary N) is 2. The van der Waals surface area contributed by atoms with Gasteiger partial charge in [-0.3, -0.25) is 0 Å². The average molecular weight is 392 g/mol.